The molecule has 0 amide bonds. The fourth-order valence-electron chi connectivity index (χ4n) is 3.19. The number of thiocarbonyl (C=S) groups is 1. The molecule has 11 heteroatoms. The molecular formula is C22H18Cl3FN6S. The lowest BCUT2D eigenvalue weighted by atomic mass is 10.2. The predicted octanol–water partition coefficient (Wildman–Crippen LogP) is 6.39. The van der Waals surface area contributed by atoms with Crippen LogP contribution < -0.4 is 10.6 Å². The molecule has 2 N–H and O–H groups in total. The number of nitrogens with one attached hydrogen (secondary N) is 2. The van der Waals surface area contributed by atoms with Crippen molar-refractivity contribution in [1.82, 2.24) is 19.6 Å². The van der Waals surface area contributed by atoms with Gasteiger partial charge in [-0.1, -0.05) is 46.9 Å². The van der Waals surface area contributed by atoms with E-state index >= 15 is 0 Å². The molecular weight excluding hydrogens is 506 g/mol. The number of aryl methyl sites for hydroxylation is 1. The third-order valence-electron chi connectivity index (χ3n) is 4.86. The van der Waals surface area contributed by atoms with Gasteiger partial charge in [-0.3, -0.25) is 9.36 Å². The minimum Gasteiger partial charge on any atom is -0.316 e. The van der Waals surface area contributed by atoms with E-state index in [4.69, 9.17) is 47.0 Å². The molecule has 6 nitrogen and oxygen atoms in total. The Morgan fingerprint density at radius 1 is 0.909 bits per heavy atom. The van der Waals surface area contributed by atoms with Gasteiger partial charge in [-0.15, -0.1) is 0 Å². The number of hydrogen-bond acceptors (Lipinski definition) is 3. The van der Waals surface area contributed by atoms with Gasteiger partial charge in [0.15, 0.2) is 16.7 Å². The molecule has 0 saturated heterocycles. The number of halogens is 4. The van der Waals surface area contributed by atoms with Crippen LogP contribution in [-0.4, -0.2) is 24.7 Å². The van der Waals surface area contributed by atoms with E-state index in [-0.39, 0.29) is 12.4 Å². The van der Waals surface area contributed by atoms with E-state index in [1.165, 1.54) is 6.07 Å². The fourth-order valence-corrected chi connectivity index (χ4v) is 4.14. The van der Waals surface area contributed by atoms with Crippen LogP contribution in [0, 0.1) is 12.7 Å². The maximum Gasteiger partial charge on any atom is 0.177 e. The highest BCUT2D eigenvalue weighted by molar-refractivity contribution is 7.80. The second-order valence-electron chi connectivity index (χ2n) is 7.21. The third kappa shape index (κ3) is 5.65. The van der Waals surface area contributed by atoms with Gasteiger partial charge < -0.3 is 10.6 Å². The highest BCUT2D eigenvalue weighted by Crippen LogP contribution is 2.26. The van der Waals surface area contributed by atoms with Crippen LogP contribution in [0.25, 0.3) is 0 Å². The molecule has 0 aliphatic carbocycles. The zero-order valence-corrected chi connectivity index (χ0v) is 20.4. The van der Waals surface area contributed by atoms with Crippen molar-refractivity contribution in [3.05, 3.63) is 92.4 Å². The highest BCUT2D eigenvalue weighted by Gasteiger charge is 2.12. The monoisotopic (exact) mass is 522 g/mol. The summed E-state index contributed by atoms with van der Waals surface area (Å²) in [4.78, 5) is 0. The van der Waals surface area contributed by atoms with Crippen LogP contribution in [-0.2, 0) is 13.1 Å². The molecule has 0 atom stereocenters. The zero-order valence-electron chi connectivity index (χ0n) is 17.3. The molecule has 2 aromatic heterocycles. The molecule has 170 valence electrons. The summed E-state index contributed by atoms with van der Waals surface area (Å²) in [6.45, 7) is 2.55. The molecule has 2 heterocycles. The van der Waals surface area contributed by atoms with Crippen LogP contribution in [0.2, 0.25) is 15.1 Å². The first-order valence-corrected chi connectivity index (χ1v) is 11.4. The predicted molar refractivity (Wildman–Crippen MR) is 135 cm³/mol. The Labute approximate surface area is 210 Å². The molecule has 0 fully saturated rings. The Morgan fingerprint density at radius 2 is 1.55 bits per heavy atom. The molecule has 0 aliphatic rings. The van der Waals surface area contributed by atoms with Crippen LogP contribution in [0.4, 0.5) is 16.0 Å². The van der Waals surface area contributed by atoms with Gasteiger partial charge >= 0.3 is 0 Å². The van der Waals surface area contributed by atoms with Gasteiger partial charge in [0.1, 0.15) is 5.82 Å². The van der Waals surface area contributed by atoms with E-state index in [1.807, 2.05) is 13.0 Å². The van der Waals surface area contributed by atoms with Crippen LogP contribution in [0.15, 0.2) is 54.7 Å². The first kappa shape index (κ1) is 23.5. The SMILES string of the molecule is Cc1cc(NC(=S)Nc2ccn(Cc3c(F)cccc3Cl)n2)nn1Cc1c(Cl)cccc1Cl. The summed E-state index contributed by atoms with van der Waals surface area (Å²) < 4.78 is 17.4. The fraction of sp³-hybridized carbons (Fsp3) is 0.136. The lowest BCUT2D eigenvalue weighted by Gasteiger charge is -2.09. The summed E-state index contributed by atoms with van der Waals surface area (Å²) in [6, 6.07) is 13.5. The smallest absolute Gasteiger partial charge is 0.177 e. The minimum atomic E-state index is -0.381. The Hall–Kier alpha value is -2.65. The molecule has 4 rings (SSSR count). The summed E-state index contributed by atoms with van der Waals surface area (Å²) in [5.41, 5.74) is 2.07. The summed E-state index contributed by atoms with van der Waals surface area (Å²) in [6.07, 6.45) is 1.71. The standard InChI is InChI=1S/C22H18Cl3FN6S/c1-13-10-21(30-32(13)12-14-16(23)4-2-5-17(14)24)28-22(33)27-20-8-9-31(29-20)11-15-18(25)6-3-7-19(15)26/h2-10H,11-12H2,1H3,(H2,27,28,29,30,33). The summed E-state index contributed by atoms with van der Waals surface area (Å²) in [7, 11) is 0. The van der Waals surface area contributed by atoms with Crippen molar-refractivity contribution in [3.8, 4) is 0 Å². The quantitative estimate of drug-likeness (QED) is 0.287. The maximum atomic E-state index is 14.0. The molecule has 0 radical (unpaired) electrons. The lowest BCUT2D eigenvalue weighted by Crippen LogP contribution is -2.20. The van der Waals surface area contributed by atoms with Gasteiger partial charge in [0.25, 0.3) is 0 Å². The molecule has 33 heavy (non-hydrogen) atoms. The van der Waals surface area contributed by atoms with Gasteiger partial charge in [0.2, 0.25) is 0 Å². The summed E-state index contributed by atoms with van der Waals surface area (Å²) in [5.74, 6) is 0.679. The van der Waals surface area contributed by atoms with Gasteiger partial charge in [0.05, 0.1) is 13.1 Å². The van der Waals surface area contributed by atoms with Crippen LogP contribution >= 0.6 is 47.0 Å². The number of aromatic nitrogens is 4. The van der Waals surface area contributed by atoms with E-state index in [2.05, 4.69) is 20.8 Å². The summed E-state index contributed by atoms with van der Waals surface area (Å²) >= 11 is 24.0. The first-order valence-electron chi connectivity index (χ1n) is 9.82. The van der Waals surface area contributed by atoms with Crippen molar-refractivity contribution in [2.24, 2.45) is 0 Å². The second-order valence-corrected chi connectivity index (χ2v) is 8.84. The van der Waals surface area contributed by atoms with Crippen molar-refractivity contribution < 1.29 is 4.39 Å². The molecule has 0 spiro atoms. The normalized spacial score (nSPS) is 10.9. The minimum absolute atomic E-state index is 0.196. The topological polar surface area (TPSA) is 59.7 Å². The van der Waals surface area contributed by atoms with Crippen molar-refractivity contribution in [2.75, 3.05) is 10.6 Å². The Bertz CT molecular complexity index is 1280. The summed E-state index contributed by atoms with van der Waals surface area (Å²) in [5, 5.41) is 16.7. The number of anilines is 2. The van der Waals surface area contributed by atoms with E-state index in [0.29, 0.717) is 43.9 Å². The lowest BCUT2D eigenvalue weighted by molar-refractivity contribution is 0.586. The van der Waals surface area contributed by atoms with Crippen molar-refractivity contribution in [2.45, 2.75) is 20.0 Å². The third-order valence-corrected chi connectivity index (χ3v) is 6.12. The molecule has 0 aliphatic heterocycles. The number of hydrogen-bond donors (Lipinski definition) is 2. The highest BCUT2D eigenvalue weighted by atomic mass is 35.5. The Morgan fingerprint density at radius 3 is 2.24 bits per heavy atom. The van der Waals surface area contributed by atoms with E-state index < -0.39 is 0 Å². The average molecular weight is 524 g/mol. The molecule has 0 unspecified atom stereocenters. The van der Waals surface area contributed by atoms with Crippen LogP contribution in [0.1, 0.15) is 16.8 Å². The Kier molecular flexibility index (Phi) is 7.19. The number of benzene rings is 2. The first-order chi connectivity index (χ1) is 15.8. The zero-order chi connectivity index (χ0) is 23.5. The molecule has 2 aromatic carbocycles. The second kappa shape index (κ2) is 10.1. The average Bonchev–Trinajstić information content (AvgIpc) is 3.33. The van der Waals surface area contributed by atoms with E-state index in [1.54, 1.807) is 52.0 Å². The Balaban J connectivity index is 1.39. The van der Waals surface area contributed by atoms with Crippen LogP contribution in [0.3, 0.4) is 0 Å². The number of nitrogens with zero attached hydrogens (tertiary/aromatic N) is 4. The molecule has 0 saturated carbocycles. The van der Waals surface area contributed by atoms with Crippen molar-refractivity contribution in [1.29, 1.82) is 0 Å². The molecule has 0 bridgehead atoms. The largest absolute Gasteiger partial charge is 0.316 e. The van der Waals surface area contributed by atoms with Gasteiger partial charge in [-0.2, -0.15) is 10.2 Å². The van der Waals surface area contributed by atoms with Crippen molar-refractivity contribution >= 4 is 63.8 Å². The van der Waals surface area contributed by atoms with Crippen molar-refractivity contribution in [3.63, 3.8) is 0 Å². The van der Waals surface area contributed by atoms with E-state index in [0.717, 1.165) is 11.3 Å². The maximum absolute atomic E-state index is 14.0. The molecule has 4 aromatic rings. The van der Waals surface area contributed by atoms with Crippen LogP contribution in [0.5, 0.6) is 0 Å². The van der Waals surface area contributed by atoms with Gasteiger partial charge in [0, 0.05) is 50.2 Å². The number of rotatable bonds is 6. The van der Waals surface area contributed by atoms with Gasteiger partial charge in [-0.25, -0.2) is 4.39 Å². The van der Waals surface area contributed by atoms with E-state index in [9.17, 15) is 4.39 Å². The van der Waals surface area contributed by atoms with Gasteiger partial charge in [-0.05, 0) is 43.4 Å².